The van der Waals surface area contributed by atoms with E-state index in [9.17, 15) is 0 Å². The minimum absolute atomic E-state index is 0.316. The number of nitrogens with one attached hydrogen (secondary N) is 1. The molecule has 0 spiro atoms. The first kappa shape index (κ1) is 16.1. The van der Waals surface area contributed by atoms with Crippen molar-refractivity contribution in [1.82, 2.24) is 5.32 Å². The molecule has 0 aliphatic heterocycles. The van der Waals surface area contributed by atoms with E-state index in [-0.39, 0.29) is 0 Å². The van der Waals surface area contributed by atoms with Gasteiger partial charge in [0.2, 0.25) is 0 Å². The highest BCUT2D eigenvalue weighted by Gasteiger charge is 2.31. The molecule has 3 atom stereocenters. The third kappa shape index (κ3) is 3.69. The third-order valence-electron chi connectivity index (χ3n) is 4.43. The molecule has 1 nitrogen and oxygen atoms in total. The molecular formula is C17H25Cl2N. The predicted molar refractivity (Wildman–Crippen MR) is 88.5 cm³/mol. The molecule has 0 radical (unpaired) electrons. The maximum Gasteiger partial charge on any atom is 0.0640 e. The summed E-state index contributed by atoms with van der Waals surface area (Å²) in [5.74, 6) is 2.23. The summed E-state index contributed by atoms with van der Waals surface area (Å²) in [6.07, 6.45) is 3.88. The molecule has 1 aromatic carbocycles. The number of hydrogen-bond acceptors (Lipinski definition) is 1. The zero-order chi connectivity index (χ0) is 14.7. The van der Waals surface area contributed by atoms with Crippen LogP contribution in [0, 0.1) is 17.8 Å². The van der Waals surface area contributed by atoms with Gasteiger partial charge in [-0.1, -0.05) is 56.1 Å². The molecule has 0 saturated heterocycles. The highest BCUT2D eigenvalue weighted by Crippen LogP contribution is 2.42. The van der Waals surface area contributed by atoms with Crippen LogP contribution in [0.3, 0.4) is 0 Å². The van der Waals surface area contributed by atoms with Gasteiger partial charge in [0.1, 0.15) is 0 Å². The largest absolute Gasteiger partial charge is 0.310 e. The van der Waals surface area contributed by atoms with Crippen LogP contribution in [0.25, 0.3) is 0 Å². The number of halogens is 2. The summed E-state index contributed by atoms with van der Waals surface area (Å²) in [6.45, 7) is 7.84. The molecule has 1 aromatic rings. The van der Waals surface area contributed by atoms with Gasteiger partial charge in [-0.15, -0.1) is 0 Å². The Kier molecular flexibility index (Phi) is 5.77. The summed E-state index contributed by atoms with van der Waals surface area (Å²) >= 11 is 12.6. The van der Waals surface area contributed by atoms with Gasteiger partial charge in [0.15, 0.2) is 0 Å². The predicted octanol–water partition coefficient (Wildman–Crippen LogP) is 5.72. The van der Waals surface area contributed by atoms with Crippen LogP contribution in [-0.2, 0) is 0 Å². The van der Waals surface area contributed by atoms with Crippen LogP contribution >= 0.6 is 23.2 Å². The lowest BCUT2D eigenvalue weighted by Gasteiger charge is -2.37. The molecule has 112 valence electrons. The van der Waals surface area contributed by atoms with Crippen LogP contribution in [0.1, 0.15) is 51.6 Å². The molecule has 0 heterocycles. The highest BCUT2D eigenvalue weighted by molar-refractivity contribution is 6.42. The summed E-state index contributed by atoms with van der Waals surface area (Å²) in [4.78, 5) is 0. The lowest BCUT2D eigenvalue weighted by molar-refractivity contribution is 0.177. The van der Waals surface area contributed by atoms with Crippen molar-refractivity contribution in [2.45, 2.75) is 46.1 Å². The Balaban J connectivity index is 2.28. The van der Waals surface area contributed by atoms with Gasteiger partial charge in [-0.25, -0.2) is 0 Å². The molecule has 1 aliphatic carbocycles. The van der Waals surface area contributed by atoms with Crippen molar-refractivity contribution in [3.8, 4) is 0 Å². The third-order valence-corrected chi connectivity index (χ3v) is 5.26. The minimum atomic E-state index is 0.316. The van der Waals surface area contributed by atoms with Crippen molar-refractivity contribution in [2.24, 2.45) is 17.8 Å². The molecule has 1 aliphatic rings. The summed E-state index contributed by atoms with van der Waals surface area (Å²) < 4.78 is 0. The van der Waals surface area contributed by atoms with Gasteiger partial charge >= 0.3 is 0 Å². The van der Waals surface area contributed by atoms with Gasteiger partial charge in [-0.3, -0.25) is 0 Å². The maximum atomic E-state index is 6.44. The fraction of sp³-hybridized carbons (Fsp3) is 0.647. The van der Waals surface area contributed by atoms with Crippen LogP contribution < -0.4 is 5.32 Å². The van der Waals surface area contributed by atoms with Gasteiger partial charge in [0, 0.05) is 6.04 Å². The summed E-state index contributed by atoms with van der Waals surface area (Å²) in [7, 11) is 0. The Hall–Kier alpha value is -0.240. The van der Waals surface area contributed by atoms with Crippen LogP contribution in [0.4, 0.5) is 0 Å². The van der Waals surface area contributed by atoms with Gasteiger partial charge in [-0.05, 0) is 55.2 Å². The van der Waals surface area contributed by atoms with E-state index in [2.05, 4.69) is 32.2 Å². The summed E-state index contributed by atoms with van der Waals surface area (Å²) in [5, 5.41) is 5.01. The second-order valence-corrected chi connectivity index (χ2v) is 7.14. The standard InChI is InChI=1S/C17H25Cl2N/c1-4-20-17(13-9-11(2)8-12(3)10-13)14-6-5-7-15(18)16(14)19/h5-7,11-13,17,20H,4,8-10H2,1-3H3. The van der Waals surface area contributed by atoms with Crippen molar-refractivity contribution >= 4 is 23.2 Å². The molecule has 1 saturated carbocycles. The smallest absolute Gasteiger partial charge is 0.0640 e. The average Bonchev–Trinajstić information content (AvgIpc) is 2.38. The van der Waals surface area contributed by atoms with E-state index >= 15 is 0 Å². The molecule has 0 bridgehead atoms. The van der Waals surface area contributed by atoms with E-state index in [1.165, 1.54) is 19.3 Å². The molecular weight excluding hydrogens is 289 g/mol. The molecule has 0 amide bonds. The average molecular weight is 314 g/mol. The van der Waals surface area contributed by atoms with E-state index in [4.69, 9.17) is 23.2 Å². The molecule has 0 aromatic heterocycles. The Bertz CT molecular complexity index is 437. The van der Waals surface area contributed by atoms with Gasteiger partial charge in [0.25, 0.3) is 0 Å². The van der Waals surface area contributed by atoms with E-state index in [0.29, 0.717) is 22.0 Å². The summed E-state index contributed by atoms with van der Waals surface area (Å²) in [6, 6.07) is 6.30. The first-order valence-electron chi connectivity index (χ1n) is 7.70. The molecule has 2 rings (SSSR count). The van der Waals surface area contributed by atoms with Gasteiger partial charge < -0.3 is 5.32 Å². The first-order valence-corrected chi connectivity index (χ1v) is 8.45. The van der Waals surface area contributed by atoms with Gasteiger partial charge in [0.05, 0.1) is 10.0 Å². The van der Waals surface area contributed by atoms with Crippen LogP contribution in [0.15, 0.2) is 18.2 Å². The zero-order valence-electron chi connectivity index (χ0n) is 12.6. The Morgan fingerprint density at radius 2 is 1.80 bits per heavy atom. The highest BCUT2D eigenvalue weighted by atomic mass is 35.5. The molecule has 3 heteroatoms. The summed E-state index contributed by atoms with van der Waals surface area (Å²) in [5.41, 5.74) is 1.16. The first-order chi connectivity index (χ1) is 9.52. The SMILES string of the molecule is CCNC(c1cccc(Cl)c1Cl)C1CC(C)CC(C)C1. The molecule has 20 heavy (non-hydrogen) atoms. The number of hydrogen-bond donors (Lipinski definition) is 1. The Morgan fingerprint density at radius 3 is 2.40 bits per heavy atom. The van der Waals surface area contributed by atoms with E-state index < -0.39 is 0 Å². The van der Waals surface area contributed by atoms with Crippen LogP contribution in [0.2, 0.25) is 10.0 Å². The van der Waals surface area contributed by atoms with E-state index in [1.54, 1.807) is 0 Å². The molecule has 1 fully saturated rings. The van der Waals surface area contributed by atoms with E-state index in [0.717, 1.165) is 23.9 Å². The lowest BCUT2D eigenvalue weighted by atomic mass is 9.72. The fourth-order valence-corrected chi connectivity index (χ4v) is 4.22. The molecule has 3 unspecified atom stereocenters. The zero-order valence-corrected chi connectivity index (χ0v) is 14.1. The van der Waals surface area contributed by atoms with Crippen molar-refractivity contribution in [2.75, 3.05) is 6.54 Å². The molecule has 1 N–H and O–H groups in total. The van der Waals surface area contributed by atoms with Crippen molar-refractivity contribution < 1.29 is 0 Å². The van der Waals surface area contributed by atoms with E-state index in [1.807, 2.05) is 12.1 Å². The van der Waals surface area contributed by atoms with Crippen LogP contribution in [-0.4, -0.2) is 6.54 Å². The number of benzene rings is 1. The van der Waals surface area contributed by atoms with Crippen LogP contribution in [0.5, 0.6) is 0 Å². The lowest BCUT2D eigenvalue weighted by Crippen LogP contribution is -2.33. The normalized spacial score (nSPS) is 28.4. The number of rotatable bonds is 4. The van der Waals surface area contributed by atoms with Gasteiger partial charge in [-0.2, -0.15) is 0 Å². The monoisotopic (exact) mass is 313 g/mol. The second-order valence-electron chi connectivity index (χ2n) is 6.36. The maximum absolute atomic E-state index is 6.44. The fourth-order valence-electron chi connectivity index (χ4n) is 3.79. The Labute approximate surface area is 133 Å². The van der Waals surface area contributed by atoms with Crippen molar-refractivity contribution in [3.63, 3.8) is 0 Å². The second kappa shape index (κ2) is 7.15. The topological polar surface area (TPSA) is 12.0 Å². The quantitative estimate of drug-likeness (QED) is 0.750. The van der Waals surface area contributed by atoms with Crippen molar-refractivity contribution in [3.05, 3.63) is 33.8 Å². The Morgan fingerprint density at radius 1 is 1.15 bits per heavy atom. The van der Waals surface area contributed by atoms with Crippen molar-refractivity contribution in [1.29, 1.82) is 0 Å². The minimum Gasteiger partial charge on any atom is -0.310 e.